The van der Waals surface area contributed by atoms with Crippen LogP contribution in [0, 0.1) is 12.7 Å². The molecular formula is C23H23FN4O2. The van der Waals surface area contributed by atoms with Crippen molar-refractivity contribution in [3.05, 3.63) is 71.2 Å². The lowest BCUT2D eigenvalue weighted by atomic mass is 10.1. The van der Waals surface area contributed by atoms with Crippen LogP contribution in [0.25, 0.3) is 10.9 Å². The van der Waals surface area contributed by atoms with Crippen molar-refractivity contribution in [3.8, 4) is 0 Å². The number of nitrogens with one attached hydrogen (secondary N) is 2. The molecule has 1 saturated heterocycles. The molecule has 4 rings (SSSR count). The summed E-state index contributed by atoms with van der Waals surface area (Å²) in [5.74, 6) is -0.650. The summed E-state index contributed by atoms with van der Waals surface area (Å²) >= 11 is 0. The highest BCUT2D eigenvalue weighted by Gasteiger charge is 2.18. The van der Waals surface area contributed by atoms with Gasteiger partial charge in [-0.3, -0.25) is 9.78 Å². The van der Waals surface area contributed by atoms with Gasteiger partial charge in [-0.15, -0.1) is 0 Å². The van der Waals surface area contributed by atoms with Crippen LogP contribution in [0.2, 0.25) is 0 Å². The first-order valence-corrected chi connectivity index (χ1v) is 9.99. The van der Waals surface area contributed by atoms with Gasteiger partial charge in [0.25, 0.3) is 5.91 Å². The zero-order valence-corrected chi connectivity index (χ0v) is 16.7. The highest BCUT2D eigenvalue weighted by atomic mass is 19.1. The van der Waals surface area contributed by atoms with E-state index in [1.807, 2.05) is 24.3 Å². The van der Waals surface area contributed by atoms with Crippen LogP contribution in [-0.2, 0) is 6.54 Å². The summed E-state index contributed by atoms with van der Waals surface area (Å²) in [6.07, 6.45) is 2.07. The Labute approximate surface area is 174 Å². The third kappa shape index (κ3) is 4.40. The van der Waals surface area contributed by atoms with Gasteiger partial charge in [-0.2, -0.15) is 0 Å². The van der Waals surface area contributed by atoms with Gasteiger partial charge in [-0.05, 0) is 55.7 Å². The van der Waals surface area contributed by atoms with E-state index in [4.69, 9.17) is 0 Å². The molecule has 30 heavy (non-hydrogen) atoms. The number of carbonyl (C=O) groups excluding carboxylic acids is 2. The standard InChI is InChI=1S/C23H23FN4O2/c1-15-11-20(19-8-7-17(24)13-21(19)26-15)22(29)25-14-16-5-4-6-18(12-16)27-23(30)28-9-2-3-10-28/h4-8,11-13H,2-3,9-10,14H2,1H3,(H,25,29)(H,27,30). The second-order valence-electron chi connectivity index (χ2n) is 7.48. The van der Waals surface area contributed by atoms with Gasteiger partial charge in [0.15, 0.2) is 0 Å². The maximum atomic E-state index is 13.5. The molecule has 2 heterocycles. The molecule has 3 aromatic rings. The number of aryl methyl sites for hydroxylation is 1. The second-order valence-corrected chi connectivity index (χ2v) is 7.48. The Morgan fingerprint density at radius 2 is 1.90 bits per heavy atom. The molecule has 154 valence electrons. The number of nitrogens with zero attached hydrogens (tertiary/aromatic N) is 2. The van der Waals surface area contributed by atoms with E-state index in [0.29, 0.717) is 34.4 Å². The van der Waals surface area contributed by atoms with Crippen molar-refractivity contribution in [2.75, 3.05) is 18.4 Å². The molecule has 2 N–H and O–H groups in total. The van der Waals surface area contributed by atoms with E-state index in [1.54, 1.807) is 24.0 Å². The van der Waals surface area contributed by atoms with Gasteiger partial charge in [0.2, 0.25) is 0 Å². The summed E-state index contributed by atoms with van der Waals surface area (Å²) in [7, 11) is 0. The predicted octanol–water partition coefficient (Wildman–Crippen LogP) is 4.24. The van der Waals surface area contributed by atoms with Crippen molar-refractivity contribution < 1.29 is 14.0 Å². The Bertz CT molecular complexity index is 1100. The topological polar surface area (TPSA) is 74.3 Å². The lowest BCUT2D eigenvalue weighted by molar-refractivity contribution is 0.0952. The molecule has 0 bridgehead atoms. The van der Waals surface area contributed by atoms with Crippen molar-refractivity contribution >= 4 is 28.5 Å². The van der Waals surface area contributed by atoms with E-state index in [-0.39, 0.29) is 17.8 Å². The maximum absolute atomic E-state index is 13.5. The highest BCUT2D eigenvalue weighted by molar-refractivity contribution is 6.06. The molecule has 0 saturated carbocycles. The first kappa shape index (κ1) is 19.8. The van der Waals surface area contributed by atoms with Crippen LogP contribution in [0.1, 0.15) is 34.5 Å². The third-order valence-corrected chi connectivity index (χ3v) is 5.17. The van der Waals surface area contributed by atoms with Crippen molar-refractivity contribution in [3.63, 3.8) is 0 Å². The molecule has 0 radical (unpaired) electrons. The number of aromatic nitrogens is 1. The molecule has 0 unspecified atom stereocenters. The third-order valence-electron chi connectivity index (χ3n) is 5.17. The zero-order chi connectivity index (χ0) is 21.1. The van der Waals surface area contributed by atoms with Gasteiger partial charge < -0.3 is 15.5 Å². The fraction of sp³-hybridized carbons (Fsp3) is 0.261. The highest BCUT2D eigenvalue weighted by Crippen LogP contribution is 2.20. The molecule has 7 heteroatoms. The fourth-order valence-corrected chi connectivity index (χ4v) is 3.68. The average molecular weight is 406 g/mol. The Morgan fingerprint density at radius 1 is 1.10 bits per heavy atom. The number of hydrogen-bond acceptors (Lipinski definition) is 3. The summed E-state index contributed by atoms with van der Waals surface area (Å²) in [6.45, 7) is 3.64. The molecule has 1 fully saturated rings. The van der Waals surface area contributed by atoms with Crippen LogP contribution in [0.5, 0.6) is 0 Å². The lowest BCUT2D eigenvalue weighted by Crippen LogP contribution is -2.32. The number of hydrogen-bond donors (Lipinski definition) is 2. The lowest BCUT2D eigenvalue weighted by Gasteiger charge is -2.16. The normalized spacial score (nSPS) is 13.5. The summed E-state index contributed by atoms with van der Waals surface area (Å²) in [4.78, 5) is 31.2. The molecule has 1 aromatic heterocycles. The fourth-order valence-electron chi connectivity index (χ4n) is 3.68. The molecule has 0 aliphatic carbocycles. The second kappa shape index (κ2) is 8.49. The SMILES string of the molecule is Cc1cc(C(=O)NCc2cccc(NC(=O)N3CCCC3)c2)c2ccc(F)cc2n1. The summed E-state index contributed by atoms with van der Waals surface area (Å²) in [5, 5.41) is 6.42. The zero-order valence-electron chi connectivity index (χ0n) is 16.7. The number of fused-ring (bicyclic) bond motifs is 1. The number of carbonyl (C=O) groups is 2. The Hall–Kier alpha value is -3.48. The monoisotopic (exact) mass is 406 g/mol. The average Bonchev–Trinajstić information content (AvgIpc) is 3.26. The summed E-state index contributed by atoms with van der Waals surface area (Å²) < 4.78 is 13.5. The minimum atomic E-state index is -0.389. The number of amides is 3. The van der Waals surface area contributed by atoms with Crippen LogP contribution in [-0.4, -0.2) is 34.9 Å². The Balaban J connectivity index is 1.45. The van der Waals surface area contributed by atoms with Gasteiger partial charge in [-0.1, -0.05) is 12.1 Å². The van der Waals surface area contributed by atoms with Gasteiger partial charge in [0.1, 0.15) is 5.82 Å². The number of pyridine rings is 1. The minimum Gasteiger partial charge on any atom is -0.348 e. The molecule has 1 aliphatic heterocycles. The number of urea groups is 1. The van der Waals surface area contributed by atoms with Crippen molar-refractivity contribution in [1.29, 1.82) is 0 Å². The molecular weight excluding hydrogens is 383 g/mol. The predicted molar refractivity (Wildman–Crippen MR) is 114 cm³/mol. The van der Waals surface area contributed by atoms with Crippen LogP contribution in [0.15, 0.2) is 48.5 Å². The number of anilines is 1. The van der Waals surface area contributed by atoms with Gasteiger partial charge in [0, 0.05) is 42.5 Å². The molecule has 1 aliphatic rings. The molecule has 6 nitrogen and oxygen atoms in total. The van der Waals surface area contributed by atoms with E-state index < -0.39 is 0 Å². The first-order valence-electron chi connectivity index (χ1n) is 9.99. The first-order chi connectivity index (χ1) is 14.5. The van der Waals surface area contributed by atoms with Crippen LogP contribution in [0.3, 0.4) is 0 Å². The Morgan fingerprint density at radius 3 is 2.70 bits per heavy atom. The molecule has 0 spiro atoms. The smallest absolute Gasteiger partial charge is 0.321 e. The number of rotatable bonds is 4. The van der Waals surface area contributed by atoms with Crippen molar-refractivity contribution in [2.24, 2.45) is 0 Å². The van der Waals surface area contributed by atoms with Crippen molar-refractivity contribution in [2.45, 2.75) is 26.3 Å². The number of likely N-dealkylation sites (tertiary alicyclic amines) is 1. The molecule has 3 amide bonds. The largest absolute Gasteiger partial charge is 0.348 e. The number of benzene rings is 2. The van der Waals surface area contributed by atoms with Gasteiger partial charge in [-0.25, -0.2) is 9.18 Å². The molecule has 2 aromatic carbocycles. The van der Waals surface area contributed by atoms with Crippen LogP contribution < -0.4 is 10.6 Å². The van der Waals surface area contributed by atoms with E-state index in [1.165, 1.54) is 12.1 Å². The van der Waals surface area contributed by atoms with Crippen molar-refractivity contribution in [1.82, 2.24) is 15.2 Å². The van der Waals surface area contributed by atoms with E-state index in [9.17, 15) is 14.0 Å². The Kier molecular flexibility index (Phi) is 5.61. The maximum Gasteiger partial charge on any atom is 0.321 e. The molecule has 0 atom stereocenters. The summed E-state index contributed by atoms with van der Waals surface area (Å²) in [5.41, 5.74) is 3.11. The van der Waals surface area contributed by atoms with Gasteiger partial charge in [0.05, 0.1) is 11.1 Å². The van der Waals surface area contributed by atoms with E-state index in [0.717, 1.165) is 31.5 Å². The number of halogens is 1. The minimum absolute atomic E-state index is 0.0975. The van der Waals surface area contributed by atoms with Gasteiger partial charge >= 0.3 is 6.03 Å². The van der Waals surface area contributed by atoms with Crippen LogP contribution >= 0.6 is 0 Å². The van der Waals surface area contributed by atoms with E-state index in [2.05, 4.69) is 15.6 Å². The van der Waals surface area contributed by atoms with E-state index >= 15 is 0 Å². The quantitative estimate of drug-likeness (QED) is 0.681. The van der Waals surface area contributed by atoms with Crippen LogP contribution in [0.4, 0.5) is 14.9 Å². The summed E-state index contributed by atoms with van der Waals surface area (Å²) in [6, 6.07) is 13.2.